The molecule has 4 nitrogen and oxygen atoms in total. The molecule has 5 heteroatoms. The second-order valence-corrected chi connectivity index (χ2v) is 7.79. The van der Waals surface area contributed by atoms with E-state index in [0.29, 0.717) is 5.57 Å². The molecule has 2 N–H and O–H groups in total. The normalized spacial score (nSPS) is 15.1. The van der Waals surface area contributed by atoms with E-state index in [0.717, 1.165) is 40.8 Å². The minimum atomic E-state index is -0.0473. The predicted octanol–water partition coefficient (Wildman–Crippen LogP) is 4.38. The summed E-state index contributed by atoms with van der Waals surface area (Å²) in [6.07, 6.45) is 4.15. The Hall–Kier alpha value is -1.85. The topological polar surface area (TPSA) is 48.1 Å². The van der Waals surface area contributed by atoms with Crippen LogP contribution in [0.5, 0.6) is 0 Å². The standard InChI is InChI=1S/C20H24BrN3O/c1-12-15(6-5-9-24(3)4)13(2)22-19(12)11-17-16-10-14(21)7-8-18(16)23-20(17)25/h7-8,10-11,22H,5-6,9H2,1-4H3,(H,23,25). The number of hydrogen-bond donors (Lipinski definition) is 2. The summed E-state index contributed by atoms with van der Waals surface area (Å²) in [6.45, 7) is 5.32. The van der Waals surface area contributed by atoms with Gasteiger partial charge in [-0.05, 0) is 82.7 Å². The lowest BCUT2D eigenvalue weighted by Crippen LogP contribution is -2.13. The summed E-state index contributed by atoms with van der Waals surface area (Å²) in [6, 6.07) is 5.86. The van der Waals surface area contributed by atoms with Gasteiger partial charge in [-0.2, -0.15) is 0 Å². The molecule has 3 rings (SSSR count). The number of halogens is 1. The summed E-state index contributed by atoms with van der Waals surface area (Å²) in [7, 11) is 4.20. The number of nitrogens with zero attached hydrogens (tertiary/aromatic N) is 1. The molecule has 25 heavy (non-hydrogen) atoms. The highest BCUT2D eigenvalue weighted by atomic mass is 79.9. The molecule has 0 bridgehead atoms. The van der Waals surface area contributed by atoms with Crippen molar-refractivity contribution in [1.82, 2.24) is 9.88 Å². The van der Waals surface area contributed by atoms with Crippen molar-refractivity contribution in [3.8, 4) is 0 Å². The van der Waals surface area contributed by atoms with Crippen molar-refractivity contribution >= 4 is 39.2 Å². The zero-order valence-electron chi connectivity index (χ0n) is 15.2. The lowest BCUT2D eigenvalue weighted by atomic mass is 10.0. The molecular weight excluding hydrogens is 378 g/mol. The van der Waals surface area contributed by atoms with E-state index >= 15 is 0 Å². The number of carbonyl (C=O) groups is 1. The van der Waals surface area contributed by atoms with Crippen molar-refractivity contribution in [3.05, 3.63) is 50.8 Å². The van der Waals surface area contributed by atoms with E-state index in [-0.39, 0.29) is 5.91 Å². The highest BCUT2D eigenvalue weighted by Gasteiger charge is 2.25. The van der Waals surface area contributed by atoms with Crippen LogP contribution in [-0.4, -0.2) is 36.4 Å². The van der Waals surface area contributed by atoms with Crippen molar-refractivity contribution in [1.29, 1.82) is 0 Å². The lowest BCUT2D eigenvalue weighted by molar-refractivity contribution is -0.110. The van der Waals surface area contributed by atoms with E-state index in [9.17, 15) is 4.79 Å². The predicted molar refractivity (Wildman–Crippen MR) is 108 cm³/mol. The molecule has 1 aliphatic rings. The van der Waals surface area contributed by atoms with E-state index in [1.807, 2.05) is 24.3 Å². The quantitative estimate of drug-likeness (QED) is 0.730. The zero-order chi connectivity index (χ0) is 18.1. The fraction of sp³-hybridized carbons (Fsp3) is 0.350. The third kappa shape index (κ3) is 3.72. The van der Waals surface area contributed by atoms with Gasteiger partial charge in [-0.15, -0.1) is 0 Å². The number of aromatic nitrogens is 1. The van der Waals surface area contributed by atoms with Gasteiger partial charge in [0.1, 0.15) is 0 Å². The van der Waals surface area contributed by atoms with Gasteiger partial charge in [0.25, 0.3) is 5.91 Å². The number of nitrogens with one attached hydrogen (secondary N) is 2. The highest BCUT2D eigenvalue weighted by molar-refractivity contribution is 9.10. The molecule has 0 atom stereocenters. The Morgan fingerprint density at radius 1 is 1.24 bits per heavy atom. The molecule has 2 aromatic rings. The van der Waals surface area contributed by atoms with Crippen LogP contribution in [0.2, 0.25) is 0 Å². The molecule has 1 aromatic carbocycles. The van der Waals surface area contributed by atoms with Gasteiger partial charge in [-0.1, -0.05) is 15.9 Å². The largest absolute Gasteiger partial charge is 0.359 e. The fourth-order valence-corrected chi connectivity index (χ4v) is 3.72. The summed E-state index contributed by atoms with van der Waals surface area (Å²) in [5, 5.41) is 2.94. The molecule has 132 valence electrons. The summed E-state index contributed by atoms with van der Waals surface area (Å²) < 4.78 is 0.970. The van der Waals surface area contributed by atoms with Crippen molar-refractivity contribution in [3.63, 3.8) is 0 Å². The fourth-order valence-electron chi connectivity index (χ4n) is 3.35. The van der Waals surface area contributed by atoms with Gasteiger partial charge in [0.2, 0.25) is 0 Å². The first-order valence-electron chi connectivity index (χ1n) is 8.52. The SMILES string of the molecule is Cc1[nH]c(C=C2C(=O)Nc3ccc(Br)cc32)c(C)c1CCCN(C)C. The average molecular weight is 402 g/mol. The Bertz CT molecular complexity index is 849. The van der Waals surface area contributed by atoms with E-state index in [2.05, 4.69) is 59.1 Å². The summed E-state index contributed by atoms with van der Waals surface area (Å²) in [5.74, 6) is -0.0473. The van der Waals surface area contributed by atoms with Gasteiger partial charge in [-0.3, -0.25) is 4.79 Å². The third-order valence-electron chi connectivity index (χ3n) is 4.72. The van der Waals surface area contributed by atoms with Gasteiger partial charge in [0, 0.05) is 27.1 Å². The van der Waals surface area contributed by atoms with Crippen LogP contribution in [0.15, 0.2) is 22.7 Å². The number of aryl methyl sites for hydroxylation is 1. The number of carbonyl (C=O) groups excluding carboxylic acids is 1. The van der Waals surface area contributed by atoms with Crippen molar-refractivity contribution in [2.45, 2.75) is 26.7 Å². The molecule has 0 spiro atoms. The van der Waals surface area contributed by atoms with E-state index in [4.69, 9.17) is 0 Å². The second kappa shape index (κ2) is 7.18. The van der Waals surface area contributed by atoms with Gasteiger partial charge >= 0.3 is 0 Å². The summed E-state index contributed by atoms with van der Waals surface area (Å²) in [4.78, 5) is 18.1. The first-order valence-corrected chi connectivity index (χ1v) is 9.32. The van der Waals surface area contributed by atoms with Crippen molar-refractivity contribution in [2.24, 2.45) is 0 Å². The van der Waals surface area contributed by atoms with E-state index < -0.39 is 0 Å². The zero-order valence-corrected chi connectivity index (χ0v) is 16.8. The minimum absolute atomic E-state index is 0.0473. The number of benzene rings is 1. The van der Waals surface area contributed by atoms with E-state index in [1.54, 1.807) is 0 Å². The van der Waals surface area contributed by atoms with Crippen LogP contribution in [0.1, 0.15) is 34.5 Å². The molecule has 0 saturated carbocycles. The Labute approximate surface area is 157 Å². The Morgan fingerprint density at radius 3 is 2.72 bits per heavy atom. The number of amides is 1. The van der Waals surface area contributed by atoms with Gasteiger partial charge in [0.05, 0.1) is 5.57 Å². The minimum Gasteiger partial charge on any atom is -0.359 e. The number of fused-ring (bicyclic) bond motifs is 1. The number of H-pyrrole nitrogens is 1. The molecule has 1 aromatic heterocycles. The second-order valence-electron chi connectivity index (χ2n) is 6.88. The Morgan fingerprint density at radius 2 is 2.00 bits per heavy atom. The Kier molecular flexibility index (Phi) is 5.16. The van der Waals surface area contributed by atoms with Crippen LogP contribution in [0, 0.1) is 13.8 Å². The molecule has 0 aliphatic carbocycles. The molecule has 0 fully saturated rings. The lowest BCUT2D eigenvalue weighted by Gasteiger charge is -2.09. The maximum absolute atomic E-state index is 12.4. The molecular formula is C20H24BrN3O. The van der Waals surface area contributed by atoms with Gasteiger partial charge in [-0.25, -0.2) is 0 Å². The monoisotopic (exact) mass is 401 g/mol. The first kappa shape index (κ1) is 18.0. The average Bonchev–Trinajstić information content (AvgIpc) is 2.98. The molecule has 0 radical (unpaired) electrons. The van der Waals surface area contributed by atoms with Crippen molar-refractivity contribution in [2.75, 3.05) is 26.0 Å². The van der Waals surface area contributed by atoms with Crippen LogP contribution in [0.25, 0.3) is 11.6 Å². The first-order chi connectivity index (χ1) is 11.9. The van der Waals surface area contributed by atoms with Crippen LogP contribution in [-0.2, 0) is 11.2 Å². The summed E-state index contributed by atoms with van der Waals surface area (Å²) >= 11 is 3.49. The van der Waals surface area contributed by atoms with Gasteiger partial charge < -0.3 is 15.2 Å². The maximum Gasteiger partial charge on any atom is 0.256 e. The molecule has 0 unspecified atom stereocenters. The van der Waals surface area contributed by atoms with Crippen LogP contribution in [0.4, 0.5) is 5.69 Å². The summed E-state index contributed by atoms with van der Waals surface area (Å²) in [5.41, 5.74) is 7.33. The van der Waals surface area contributed by atoms with E-state index in [1.165, 1.54) is 16.8 Å². The number of anilines is 1. The molecule has 1 aliphatic heterocycles. The molecule has 0 saturated heterocycles. The third-order valence-corrected chi connectivity index (χ3v) is 5.21. The van der Waals surface area contributed by atoms with Crippen LogP contribution in [0.3, 0.4) is 0 Å². The van der Waals surface area contributed by atoms with Crippen LogP contribution >= 0.6 is 15.9 Å². The Balaban J connectivity index is 1.92. The van der Waals surface area contributed by atoms with Crippen LogP contribution < -0.4 is 5.32 Å². The van der Waals surface area contributed by atoms with Crippen molar-refractivity contribution < 1.29 is 4.79 Å². The maximum atomic E-state index is 12.4. The molecule has 1 amide bonds. The number of rotatable bonds is 5. The highest BCUT2D eigenvalue weighted by Crippen LogP contribution is 2.35. The number of hydrogen-bond acceptors (Lipinski definition) is 2. The van der Waals surface area contributed by atoms with Gasteiger partial charge in [0.15, 0.2) is 0 Å². The molecule has 2 heterocycles. The number of aromatic amines is 1. The smallest absolute Gasteiger partial charge is 0.256 e.